The first kappa shape index (κ1) is 20.3. The number of carbonyl (C=O) groups excluding carboxylic acids is 1. The van der Waals surface area contributed by atoms with Crippen LogP contribution in [0.1, 0.15) is 20.9 Å². The summed E-state index contributed by atoms with van der Waals surface area (Å²) in [5.41, 5.74) is 10.5. The summed E-state index contributed by atoms with van der Waals surface area (Å²) in [4.78, 5) is 21.3. The van der Waals surface area contributed by atoms with E-state index in [1.54, 1.807) is 24.5 Å². The van der Waals surface area contributed by atoms with Crippen molar-refractivity contribution in [2.45, 2.75) is 13.0 Å². The number of halogens is 2. The smallest absolute Gasteiger partial charge is 0.267 e. The number of hydrogen-bond acceptors (Lipinski definition) is 6. The zero-order valence-electron chi connectivity index (χ0n) is 16.5. The number of nitrogens with one attached hydrogen (secondary N) is 1. The van der Waals surface area contributed by atoms with Crippen molar-refractivity contribution in [3.05, 3.63) is 62.8 Å². The normalized spacial score (nSPS) is 14.0. The Kier molecular flexibility index (Phi) is 5.14. The lowest BCUT2D eigenvalue weighted by atomic mass is 9.95. The Morgan fingerprint density at radius 1 is 1.29 bits per heavy atom. The summed E-state index contributed by atoms with van der Waals surface area (Å²) in [6.45, 7) is 1.67. The van der Waals surface area contributed by atoms with E-state index in [0.717, 1.165) is 52.3 Å². The summed E-state index contributed by atoms with van der Waals surface area (Å²) in [5, 5.41) is 4.39. The van der Waals surface area contributed by atoms with E-state index in [4.69, 9.17) is 38.3 Å². The molecular formula is C22H18Cl2N4O2S. The molecule has 0 unspecified atom stereocenters. The van der Waals surface area contributed by atoms with E-state index in [2.05, 4.69) is 17.3 Å². The highest BCUT2D eigenvalue weighted by Crippen LogP contribution is 2.43. The molecule has 31 heavy (non-hydrogen) atoms. The van der Waals surface area contributed by atoms with E-state index in [1.807, 2.05) is 12.1 Å². The Morgan fingerprint density at radius 3 is 2.87 bits per heavy atom. The van der Waals surface area contributed by atoms with Gasteiger partial charge < -0.3 is 20.4 Å². The first-order valence-electron chi connectivity index (χ1n) is 9.65. The second-order valence-corrected chi connectivity index (χ2v) is 9.30. The molecule has 0 saturated carbocycles. The van der Waals surface area contributed by atoms with Crippen LogP contribution in [0.5, 0.6) is 0 Å². The summed E-state index contributed by atoms with van der Waals surface area (Å²) < 4.78 is 5.75. The number of aromatic nitrogens is 1. The lowest BCUT2D eigenvalue weighted by molar-refractivity contribution is 0.103. The molecule has 1 aliphatic heterocycles. The number of rotatable bonds is 3. The Hall–Kier alpha value is -2.58. The Bertz CT molecular complexity index is 1320. The fourth-order valence-corrected chi connectivity index (χ4v) is 5.20. The second kappa shape index (κ2) is 7.84. The molecule has 158 valence electrons. The van der Waals surface area contributed by atoms with Gasteiger partial charge in [-0.15, -0.1) is 11.3 Å². The van der Waals surface area contributed by atoms with E-state index >= 15 is 0 Å². The molecule has 9 heteroatoms. The zero-order valence-corrected chi connectivity index (χ0v) is 18.9. The fourth-order valence-electron chi connectivity index (χ4n) is 3.88. The van der Waals surface area contributed by atoms with Crippen molar-refractivity contribution in [3.63, 3.8) is 0 Å². The molecule has 3 N–H and O–H groups in total. The quantitative estimate of drug-likeness (QED) is 0.400. The van der Waals surface area contributed by atoms with Crippen LogP contribution in [-0.4, -0.2) is 29.4 Å². The van der Waals surface area contributed by atoms with Crippen LogP contribution in [0.25, 0.3) is 21.5 Å². The molecule has 0 aliphatic carbocycles. The molecule has 0 atom stereocenters. The number of carbonyl (C=O) groups is 1. The van der Waals surface area contributed by atoms with Crippen LogP contribution in [0.3, 0.4) is 0 Å². The first-order valence-corrected chi connectivity index (χ1v) is 11.2. The average Bonchev–Trinajstić information content (AvgIpc) is 3.38. The molecule has 1 aromatic carbocycles. The molecule has 4 heterocycles. The molecule has 1 aliphatic rings. The standard InChI is InChI=1S/C22H18Cl2N4O2S/c1-28-7-6-15-12(10-28)17(16-3-2-8-30-16)18-19(25)20(31-22(18)27-15)21(29)26-11-4-5-13(23)14(24)9-11/h2-5,8-9H,6-7,10,25H2,1H3,(H,26,29). The highest BCUT2D eigenvalue weighted by Gasteiger charge is 2.28. The van der Waals surface area contributed by atoms with Gasteiger partial charge in [0.05, 0.1) is 22.0 Å². The van der Waals surface area contributed by atoms with Gasteiger partial charge in [-0.1, -0.05) is 23.2 Å². The molecule has 6 nitrogen and oxygen atoms in total. The predicted octanol–water partition coefficient (Wildman–Crippen LogP) is 5.69. The van der Waals surface area contributed by atoms with Gasteiger partial charge in [0.25, 0.3) is 5.91 Å². The number of nitrogens with zero attached hydrogens (tertiary/aromatic N) is 2. The first-order chi connectivity index (χ1) is 14.9. The van der Waals surface area contributed by atoms with Crippen molar-refractivity contribution in [3.8, 4) is 11.3 Å². The number of amides is 1. The summed E-state index contributed by atoms with van der Waals surface area (Å²) in [6, 6.07) is 8.69. The Labute approximate surface area is 192 Å². The molecule has 5 rings (SSSR count). The molecule has 3 aromatic heterocycles. The molecule has 0 fully saturated rings. The van der Waals surface area contributed by atoms with Crippen molar-refractivity contribution in [2.24, 2.45) is 0 Å². The van der Waals surface area contributed by atoms with Crippen molar-refractivity contribution in [1.82, 2.24) is 9.88 Å². The number of furan rings is 1. The number of anilines is 2. The van der Waals surface area contributed by atoms with Crippen LogP contribution < -0.4 is 11.1 Å². The predicted molar refractivity (Wildman–Crippen MR) is 126 cm³/mol. The van der Waals surface area contributed by atoms with E-state index in [1.165, 1.54) is 11.3 Å². The monoisotopic (exact) mass is 472 g/mol. The number of hydrogen-bond donors (Lipinski definition) is 2. The van der Waals surface area contributed by atoms with Crippen LogP contribution in [0.15, 0.2) is 41.0 Å². The third kappa shape index (κ3) is 3.57. The van der Waals surface area contributed by atoms with Gasteiger partial charge in [0, 0.05) is 41.8 Å². The zero-order chi connectivity index (χ0) is 21.7. The lowest BCUT2D eigenvalue weighted by Gasteiger charge is -2.26. The van der Waals surface area contributed by atoms with E-state index in [0.29, 0.717) is 26.3 Å². The molecule has 0 radical (unpaired) electrons. The minimum absolute atomic E-state index is 0.320. The van der Waals surface area contributed by atoms with Crippen molar-refractivity contribution in [1.29, 1.82) is 0 Å². The highest BCUT2D eigenvalue weighted by atomic mass is 35.5. The van der Waals surface area contributed by atoms with E-state index < -0.39 is 0 Å². The maximum absolute atomic E-state index is 13.1. The molecule has 4 aromatic rings. The number of nitrogens with two attached hydrogens (primary N) is 1. The average molecular weight is 473 g/mol. The number of fused-ring (bicyclic) bond motifs is 2. The van der Waals surface area contributed by atoms with Gasteiger partial charge in [0.2, 0.25) is 0 Å². The van der Waals surface area contributed by atoms with Crippen LogP contribution in [0, 0.1) is 0 Å². The van der Waals surface area contributed by atoms with Crippen LogP contribution in [0.4, 0.5) is 11.4 Å². The fraction of sp³-hybridized carbons (Fsp3) is 0.182. The second-order valence-electron chi connectivity index (χ2n) is 7.49. The Morgan fingerprint density at radius 2 is 2.13 bits per heavy atom. The number of likely N-dealkylation sites (N-methyl/N-ethyl adjacent to an activating group) is 1. The third-order valence-electron chi connectivity index (χ3n) is 5.37. The topological polar surface area (TPSA) is 84.4 Å². The van der Waals surface area contributed by atoms with Gasteiger partial charge in [-0.3, -0.25) is 4.79 Å². The largest absolute Gasteiger partial charge is 0.464 e. The minimum Gasteiger partial charge on any atom is -0.464 e. The van der Waals surface area contributed by atoms with Crippen molar-refractivity contribution >= 4 is 62.0 Å². The van der Waals surface area contributed by atoms with Gasteiger partial charge in [0.1, 0.15) is 15.5 Å². The summed E-state index contributed by atoms with van der Waals surface area (Å²) in [7, 11) is 2.08. The minimum atomic E-state index is -0.320. The molecule has 0 bridgehead atoms. The lowest BCUT2D eigenvalue weighted by Crippen LogP contribution is -2.27. The number of benzene rings is 1. The third-order valence-corrected chi connectivity index (χ3v) is 7.21. The summed E-state index contributed by atoms with van der Waals surface area (Å²) >= 11 is 13.3. The molecular weight excluding hydrogens is 455 g/mol. The van der Waals surface area contributed by atoms with Gasteiger partial charge in [0.15, 0.2) is 0 Å². The van der Waals surface area contributed by atoms with Crippen molar-refractivity contribution < 1.29 is 9.21 Å². The van der Waals surface area contributed by atoms with Crippen LogP contribution in [0.2, 0.25) is 10.0 Å². The highest BCUT2D eigenvalue weighted by molar-refractivity contribution is 7.21. The molecule has 0 saturated heterocycles. The number of nitrogen functional groups attached to an aromatic ring is 1. The van der Waals surface area contributed by atoms with Gasteiger partial charge in [-0.2, -0.15) is 0 Å². The van der Waals surface area contributed by atoms with Gasteiger partial charge in [-0.25, -0.2) is 4.98 Å². The SMILES string of the molecule is CN1CCc2nc3sc(C(=O)Nc4ccc(Cl)c(Cl)c4)c(N)c3c(-c3ccco3)c2C1. The van der Waals surface area contributed by atoms with E-state index in [9.17, 15) is 4.79 Å². The number of thiophene rings is 1. The maximum Gasteiger partial charge on any atom is 0.267 e. The Balaban J connectivity index is 1.64. The summed E-state index contributed by atoms with van der Waals surface area (Å²) in [5.74, 6) is 0.402. The number of pyridine rings is 1. The maximum atomic E-state index is 13.1. The molecule has 1 amide bonds. The van der Waals surface area contributed by atoms with Gasteiger partial charge in [-0.05, 0) is 42.9 Å². The van der Waals surface area contributed by atoms with Crippen molar-refractivity contribution in [2.75, 3.05) is 24.6 Å². The molecule has 0 spiro atoms. The van der Waals surface area contributed by atoms with Gasteiger partial charge >= 0.3 is 0 Å². The van der Waals surface area contributed by atoms with Crippen LogP contribution >= 0.6 is 34.5 Å². The van der Waals surface area contributed by atoms with E-state index in [-0.39, 0.29) is 5.91 Å². The van der Waals surface area contributed by atoms with Crippen LogP contribution in [-0.2, 0) is 13.0 Å². The summed E-state index contributed by atoms with van der Waals surface area (Å²) in [6.07, 6.45) is 2.47.